The molecule has 0 aromatic heterocycles. The number of hydrogen-bond acceptors (Lipinski definition) is 5. The van der Waals surface area contributed by atoms with Crippen molar-refractivity contribution < 1.29 is 14.3 Å². The van der Waals surface area contributed by atoms with Crippen molar-refractivity contribution in [1.82, 2.24) is 4.90 Å². The summed E-state index contributed by atoms with van der Waals surface area (Å²) in [6.07, 6.45) is 35.6. The summed E-state index contributed by atoms with van der Waals surface area (Å²) in [6, 6.07) is 11.6. The molecule has 0 radical (unpaired) electrons. The van der Waals surface area contributed by atoms with E-state index in [9.17, 15) is 9.59 Å². The van der Waals surface area contributed by atoms with Crippen molar-refractivity contribution in [1.29, 1.82) is 0 Å². The van der Waals surface area contributed by atoms with Crippen LogP contribution in [0, 0.1) is 0 Å². The fourth-order valence-electron chi connectivity index (χ4n) is 6.35. The lowest BCUT2D eigenvalue weighted by Crippen LogP contribution is -2.46. The Morgan fingerprint density at radius 1 is 0.736 bits per heavy atom. The van der Waals surface area contributed by atoms with Gasteiger partial charge in [-0.05, 0) is 94.5 Å². The van der Waals surface area contributed by atoms with Gasteiger partial charge in [-0.25, -0.2) is 0 Å². The van der Waals surface area contributed by atoms with Crippen LogP contribution in [0.3, 0.4) is 0 Å². The van der Waals surface area contributed by atoms with E-state index in [2.05, 4.69) is 83.6 Å². The molecule has 4 rings (SSSR count). The van der Waals surface area contributed by atoms with Gasteiger partial charge in [0.2, 0.25) is 11.8 Å². The van der Waals surface area contributed by atoms with Crippen LogP contribution in [-0.4, -0.2) is 56.0 Å². The number of unbranched alkanes of at least 4 members (excludes halogenated alkanes) is 1. The number of rotatable bonds is 21. The second-order valence-corrected chi connectivity index (χ2v) is 14.1. The summed E-state index contributed by atoms with van der Waals surface area (Å²) in [5.74, 6) is 0.394. The standard InChI is InChI=1S/C45H57Cl2N3O3/c1-2-3-4-5-6-7-8-9-10-11-12-13-14-15-16-17-18-19-20-26-43(51)50-42-37-39(29-27-38(42)28-30-44(50)52)53-36-22-21-31-48-32-34-49(35-33-48)41-25-23-24-40(46)45(41)47/h3-4,6-7,9-10,12-13,15-16,18-19,23-25,27,29,37H,2,5,8,11,14,17,20-22,26,28,30-36H2,1H3. The van der Waals surface area contributed by atoms with Crippen molar-refractivity contribution in [3.63, 3.8) is 0 Å². The first-order valence-electron chi connectivity index (χ1n) is 19.4. The van der Waals surface area contributed by atoms with Crippen molar-refractivity contribution in [2.75, 3.05) is 49.1 Å². The molecule has 0 unspecified atom stereocenters. The molecule has 53 heavy (non-hydrogen) atoms. The van der Waals surface area contributed by atoms with Crippen molar-refractivity contribution >= 4 is 46.4 Å². The number of fused-ring (bicyclic) bond motifs is 1. The van der Waals surface area contributed by atoms with Crippen LogP contribution in [0.25, 0.3) is 0 Å². The molecule has 0 spiro atoms. The number of halogens is 2. The molecule has 0 atom stereocenters. The van der Waals surface area contributed by atoms with Crippen LogP contribution in [0.1, 0.15) is 83.1 Å². The predicted molar refractivity (Wildman–Crippen MR) is 225 cm³/mol. The zero-order valence-electron chi connectivity index (χ0n) is 31.4. The highest BCUT2D eigenvalue weighted by atomic mass is 35.5. The summed E-state index contributed by atoms with van der Waals surface area (Å²) >= 11 is 12.6. The third kappa shape index (κ3) is 14.8. The van der Waals surface area contributed by atoms with Crippen molar-refractivity contribution in [2.24, 2.45) is 0 Å². The monoisotopic (exact) mass is 757 g/mol. The Morgan fingerprint density at radius 2 is 1.36 bits per heavy atom. The van der Waals surface area contributed by atoms with Crippen molar-refractivity contribution in [3.05, 3.63) is 125 Å². The van der Waals surface area contributed by atoms with Gasteiger partial charge in [-0.2, -0.15) is 0 Å². The van der Waals surface area contributed by atoms with Gasteiger partial charge in [0.15, 0.2) is 0 Å². The van der Waals surface area contributed by atoms with E-state index in [0.717, 1.165) is 95.3 Å². The Hall–Kier alpha value is -3.84. The van der Waals surface area contributed by atoms with E-state index in [4.69, 9.17) is 27.9 Å². The maximum Gasteiger partial charge on any atom is 0.234 e. The first kappa shape index (κ1) is 41.9. The number of ether oxygens (including phenoxy) is 1. The smallest absolute Gasteiger partial charge is 0.234 e. The maximum absolute atomic E-state index is 13.2. The third-order valence-corrected chi connectivity index (χ3v) is 10.1. The summed E-state index contributed by atoms with van der Waals surface area (Å²) < 4.78 is 6.10. The van der Waals surface area contributed by atoms with Gasteiger partial charge < -0.3 is 9.64 Å². The first-order chi connectivity index (χ1) is 26.0. The van der Waals surface area contributed by atoms with Crippen LogP contribution in [0.5, 0.6) is 5.75 Å². The number of hydrogen-bond donors (Lipinski definition) is 0. The highest BCUT2D eigenvalue weighted by Crippen LogP contribution is 2.34. The summed E-state index contributed by atoms with van der Waals surface area (Å²) in [7, 11) is 0. The number of aryl methyl sites for hydroxylation is 1. The molecule has 1 saturated heterocycles. The number of imide groups is 1. The normalized spacial score (nSPS) is 15.8. The second kappa shape index (κ2) is 24.5. The van der Waals surface area contributed by atoms with Gasteiger partial charge >= 0.3 is 0 Å². The Kier molecular flexibility index (Phi) is 19.3. The first-order valence-corrected chi connectivity index (χ1v) is 20.2. The molecule has 2 aromatic carbocycles. The molecule has 0 saturated carbocycles. The Morgan fingerprint density at radius 3 is 2.00 bits per heavy atom. The Balaban J connectivity index is 1.10. The number of carbonyl (C=O) groups excluding carboxylic acids is 2. The molecule has 2 amide bonds. The average molecular weight is 759 g/mol. The number of benzene rings is 2. The quantitative estimate of drug-likeness (QED) is 0.0937. The number of nitrogens with zero attached hydrogens (tertiary/aromatic N) is 3. The molecule has 6 nitrogen and oxygen atoms in total. The van der Waals surface area contributed by atoms with Crippen LogP contribution >= 0.6 is 23.2 Å². The lowest BCUT2D eigenvalue weighted by molar-refractivity contribution is -0.126. The SMILES string of the molecule is CCC=CCC=CCC=CCC=CCC=CCC=CCCC(=O)N1C(=O)CCc2ccc(OCCCCN3CCN(c4cccc(Cl)c4Cl)CC3)cc21. The van der Waals surface area contributed by atoms with Gasteiger partial charge in [-0.3, -0.25) is 19.4 Å². The highest BCUT2D eigenvalue weighted by molar-refractivity contribution is 6.43. The molecular formula is C45H57Cl2N3O3. The number of anilines is 2. The van der Waals surface area contributed by atoms with Crippen LogP contribution in [-0.2, 0) is 16.0 Å². The zero-order chi connectivity index (χ0) is 37.5. The topological polar surface area (TPSA) is 53.1 Å². The number of allylic oxidation sites excluding steroid dienone is 12. The Labute approximate surface area is 328 Å². The Bertz CT molecular complexity index is 1620. The molecule has 2 aliphatic heterocycles. The summed E-state index contributed by atoms with van der Waals surface area (Å²) in [4.78, 5) is 32.3. The fourth-order valence-corrected chi connectivity index (χ4v) is 6.76. The molecule has 284 valence electrons. The largest absolute Gasteiger partial charge is 0.494 e. The van der Waals surface area contributed by atoms with E-state index in [1.807, 2.05) is 42.5 Å². The van der Waals surface area contributed by atoms with E-state index >= 15 is 0 Å². The molecule has 8 heteroatoms. The fraction of sp³-hybridized carbons (Fsp3) is 0.422. The van der Waals surface area contributed by atoms with Crippen LogP contribution < -0.4 is 14.5 Å². The predicted octanol–water partition coefficient (Wildman–Crippen LogP) is 11.3. The van der Waals surface area contributed by atoms with Crippen LogP contribution in [0.2, 0.25) is 10.0 Å². The van der Waals surface area contributed by atoms with Gasteiger partial charge in [0.1, 0.15) is 5.75 Å². The van der Waals surface area contributed by atoms with E-state index in [-0.39, 0.29) is 11.8 Å². The lowest BCUT2D eigenvalue weighted by Gasteiger charge is -2.36. The van der Waals surface area contributed by atoms with Gasteiger partial charge in [-0.1, -0.05) is 115 Å². The molecular weight excluding hydrogens is 701 g/mol. The van der Waals surface area contributed by atoms with E-state index < -0.39 is 0 Å². The third-order valence-electron chi connectivity index (χ3n) is 9.31. The minimum Gasteiger partial charge on any atom is -0.494 e. The molecule has 2 aliphatic rings. The van der Waals surface area contributed by atoms with Crippen LogP contribution in [0.15, 0.2) is 109 Å². The summed E-state index contributed by atoms with van der Waals surface area (Å²) in [5.41, 5.74) is 2.69. The van der Waals surface area contributed by atoms with Gasteiger partial charge in [0.05, 0.1) is 28.0 Å². The molecule has 0 bridgehead atoms. The van der Waals surface area contributed by atoms with E-state index in [1.165, 1.54) is 4.90 Å². The molecule has 0 N–H and O–H groups in total. The number of piperazine rings is 1. The summed E-state index contributed by atoms with van der Waals surface area (Å²) in [5, 5.41) is 1.22. The van der Waals surface area contributed by atoms with Crippen molar-refractivity contribution in [3.8, 4) is 5.75 Å². The van der Waals surface area contributed by atoms with E-state index in [1.54, 1.807) is 0 Å². The second-order valence-electron chi connectivity index (χ2n) is 13.3. The zero-order valence-corrected chi connectivity index (χ0v) is 33.0. The molecule has 0 aliphatic carbocycles. The number of amides is 2. The number of carbonyl (C=O) groups is 2. The van der Waals surface area contributed by atoms with Crippen LogP contribution in [0.4, 0.5) is 11.4 Å². The van der Waals surface area contributed by atoms with Gasteiger partial charge in [0.25, 0.3) is 0 Å². The minimum absolute atomic E-state index is 0.139. The van der Waals surface area contributed by atoms with E-state index in [0.29, 0.717) is 53.8 Å². The minimum atomic E-state index is -0.162. The molecule has 2 heterocycles. The van der Waals surface area contributed by atoms with Gasteiger partial charge in [-0.15, -0.1) is 0 Å². The maximum atomic E-state index is 13.2. The van der Waals surface area contributed by atoms with Crippen molar-refractivity contribution in [2.45, 2.75) is 84.0 Å². The highest BCUT2D eigenvalue weighted by Gasteiger charge is 2.29. The molecule has 2 aromatic rings. The molecule has 1 fully saturated rings. The van der Waals surface area contributed by atoms with Gasteiger partial charge in [0, 0.05) is 45.1 Å². The summed E-state index contributed by atoms with van der Waals surface area (Å²) in [6.45, 7) is 7.54. The average Bonchev–Trinajstić information content (AvgIpc) is 3.16. The lowest BCUT2D eigenvalue weighted by atomic mass is 10.00.